The maximum absolute atomic E-state index is 13.4. The smallest absolute Gasteiger partial charge is 0.254 e. The Morgan fingerprint density at radius 2 is 1.58 bits per heavy atom. The number of carbonyl (C=O) groups is 1. The van der Waals surface area contributed by atoms with Crippen molar-refractivity contribution in [1.82, 2.24) is 9.88 Å². The summed E-state index contributed by atoms with van der Waals surface area (Å²) in [6.45, 7) is 8.54. The lowest BCUT2D eigenvalue weighted by atomic mass is 10.1. The first-order chi connectivity index (χ1) is 15.2. The Balaban J connectivity index is 1.61. The summed E-state index contributed by atoms with van der Waals surface area (Å²) < 4.78 is 17.3. The number of para-hydroxylation sites is 1. The molecular formula is C25H30N2O4. The van der Waals surface area contributed by atoms with Gasteiger partial charge in [-0.3, -0.25) is 4.79 Å². The van der Waals surface area contributed by atoms with Crippen LogP contribution < -0.4 is 14.2 Å². The second-order valence-corrected chi connectivity index (χ2v) is 7.52. The highest BCUT2D eigenvalue weighted by molar-refractivity contribution is 5.96. The number of hydrogen-bond acceptors (Lipinski definition) is 4. The third kappa shape index (κ3) is 4.20. The molecule has 0 saturated carbocycles. The summed E-state index contributed by atoms with van der Waals surface area (Å²) in [4.78, 5) is 18.9. The summed E-state index contributed by atoms with van der Waals surface area (Å²) in [7, 11) is 0. The molecule has 6 heteroatoms. The zero-order chi connectivity index (χ0) is 21.8. The van der Waals surface area contributed by atoms with E-state index < -0.39 is 0 Å². The molecule has 0 saturated heterocycles. The third-order valence-corrected chi connectivity index (χ3v) is 5.61. The monoisotopic (exact) mass is 422 g/mol. The first-order valence-electron chi connectivity index (χ1n) is 11.1. The number of nitrogens with one attached hydrogen (secondary N) is 1. The predicted octanol–water partition coefficient (Wildman–Crippen LogP) is 4.61. The molecule has 164 valence electrons. The van der Waals surface area contributed by atoms with Crippen LogP contribution in [-0.4, -0.2) is 48.7 Å². The highest BCUT2D eigenvalue weighted by atomic mass is 16.5. The van der Waals surface area contributed by atoms with E-state index in [4.69, 9.17) is 14.2 Å². The lowest BCUT2D eigenvalue weighted by Crippen LogP contribution is -2.33. The van der Waals surface area contributed by atoms with E-state index in [1.807, 2.05) is 31.7 Å². The van der Waals surface area contributed by atoms with Gasteiger partial charge in [0.2, 0.25) is 5.75 Å². The van der Waals surface area contributed by atoms with Crippen LogP contribution in [0.2, 0.25) is 0 Å². The van der Waals surface area contributed by atoms with Crippen LogP contribution in [-0.2, 0) is 12.8 Å². The van der Waals surface area contributed by atoms with E-state index in [-0.39, 0.29) is 5.91 Å². The van der Waals surface area contributed by atoms with Gasteiger partial charge in [0.05, 0.1) is 19.8 Å². The fourth-order valence-electron chi connectivity index (χ4n) is 4.26. The average Bonchev–Trinajstić information content (AvgIpc) is 3.00. The molecule has 0 atom stereocenters. The first kappa shape index (κ1) is 21.1. The van der Waals surface area contributed by atoms with Crippen LogP contribution in [0, 0.1) is 0 Å². The number of nitrogens with zero attached hydrogens (tertiary/aromatic N) is 1. The average molecular weight is 423 g/mol. The van der Waals surface area contributed by atoms with Gasteiger partial charge in [-0.2, -0.15) is 0 Å². The molecule has 0 unspecified atom stereocenters. The number of hydrogen-bond donors (Lipinski definition) is 1. The molecule has 1 aliphatic rings. The van der Waals surface area contributed by atoms with Gasteiger partial charge in [-0.25, -0.2) is 0 Å². The quantitative estimate of drug-likeness (QED) is 0.604. The fourth-order valence-corrected chi connectivity index (χ4v) is 4.26. The second-order valence-electron chi connectivity index (χ2n) is 7.52. The van der Waals surface area contributed by atoms with Crippen molar-refractivity contribution < 1.29 is 19.0 Å². The molecular weight excluding hydrogens is 392 g/mol. The molecule has 0 spiro atoms. The maximum atomic E-state index is 13.4. The summed E-state index contributed by atoms with van der Waals surface area (Å²) in [6.07, 6.45) is 1.64. The van der Waals surface area contributed by atoms with E-state index >= 15 is 0 Å². The Kier molecular flexibility index (Phi) is 6.35. The molecule has 2 heterocycles. The molecule has 0 bridgehead atoms. The van der Waals surface area contributed by atoms with Crippen molar-refractivity contribution in [3.05, 3.63) is 53.2 Å². The van der Waals surface area contributed by atoms with E-state index in [9.17, 15) is 4.79 Å². The lowest BCUT2D eigenvalue weighted by Gasteiger charge is -2.22. The zero-order valence-electron chi connectivity index (χ0n) is 18.5. The Morgan fingerprint density at radius 3 is 2.26 bits per heavy atom. The molecule has 1 amide bonds. The van der Waals surface area contributed by atoms with Crippen molar-refractivity contribution in [2.45, 2.75) is 33.6 Å². The Bertz CT molecular complexity index is 1050. The molecule has 0 fully saturated rings. The van der Waals surface area contributed by atoms with Gasteiger partial charge in [0.1, 0.15) is 0 Å². The number of aromatic amines is 1. The van der Waals surface area contributed by atoms with Crippen LogP contribution in [0.15, 0.2) is 36.4 Å². The number of amides is 1. The Hall–Kier alpha value is -3.15. The molecule has 6 nitrogen and oxygen atoms in total. The number of rotatable bonds is 7. The minimum absolute atomic E-state index is 0.0144. The molecule has 4 rings (SSSR count). The maximum Gasteiger partial charge on any atom is 0.254 e. The van der Waals surface area contributed by atoms with Crippen LogP contribution in [0.4, 0.5) is 0 Å². The van der Waals surface area contributed by atoms with Gasteiger partial charge in [-0.15, -0.1) is 0 Å². The molecule has 3 aromatic rings. The molecule has 1 N–H and O–H groups in total. The highest BCUT2D eigenvalue weighted by Crippen LogP contribution is 2.39. The van der Waals surface area contributed by atoms with Crippen molar-refractivity contribution in [2.75, 3.05) is 32.9 Å². The van der Waals surface area contributed by atoms with Crippen molar-refractivity contribution in [1.29, 1.82) is 0 Å². The summed E-state index contributed by atoms with van der Waals surface area (Å²) in [5, 5.41) is 1.25. The van der Waals surface area contributed by atoms with E-state index in [0.29, 0.717) is 55.7 Å². The number of benzene rings is 2. The van der Waals surface area contributed by atoms with E-state index in [1.165, 1.54) is 22.2 Å². The molecule has 1 aromatic heterocycles. The third-order valence-electron chi connectivity index (χ3n) is 5.61. The van der Waals surface area contributed by atoms with E-state index in [0.717, 1.165) is 12.8 Å². The summed E-state index contributed by atoms with van der Waals surface area (Å²) >= 11 is 0. The summed E-state index contributed by atoms with van der Waals surface area (Å²) in [5.74, 6) is 1.63. The van der Waals surface area contributed by atoms with Gasteiger partial charge in [-0.1, -0.05) is 18.2 Å². The summed E-state index contributed by atoms with van der Waals surface area (Å²) in [5.41, 5.74) is 4.28. The first-order valence-corrected chi connectivity index (χ1v) is 11.1. The van der Waals surface area contributed by atoms with Gasteiger partial charge in [-0.05, 0) is 51.0 Å². The molecule has 0 aliphatic carbocycles. The van der Waals surface area contributed by atoms with Gasteiger partial charge in [0.15, 0.2) is 11.5 Å². The van der Waals surface area contributed by atoms with Crippen molar-refractivity contribution in [3.8, 4) is 17.2 Å². The molecule has 31 heavy (non-hydrogen) atoms. The molecule has 0 radical (unpaired) electrons. The number of aromatic nitrogens is 1. The topological polar surface area (TPSA) is 63.8 Å². The van der Waals surface area contributed by atoms with Crippen LogP contribution in [0.1, 0.15) is 42.4 Å². The molecule has 2 aromatic carbocycles. The lowest BCUT2D eigenvalue weighted by molar-refractivity contribution is 0.0761. The van der Waals surface area contributed by atoms with Crippen LogP contribution >= 0.6 is 0 Å². The van der Waals surface area contributed by atoms with Crippen molar-refractivity contribution in [3.63, 3.8) is 0 Å². The minimum Gasteiger partial charge on any atom is -0.490 e. The highest BCUT2D eigenvalue weighted by Gasteiger charge is 2.25. The SMILES string of the molecule is CCOc1cc(C(=O)N2CCc3[nH]c4ccccc4c3CC2)cc(OCC)c1OCC. The number of H-pyrrole nitrogens is 1. The Labute approximate surface area is 183 Å². The van der Waals surface area contributed by atoms with Gasteiger partial charge in [0.25, 0.3) is 5.91 Å². The minimum atomic E-state index is -0.0144. The van der Waals surface area contributed by atoms with Gasteiger partial charge >= 0.3 is 0 Å². The van der Waals surface area contributed by atoms with Crippen LogP contribution in [0.3, 0.4) is 0 Å². The number of carbonyl (C=O) groups excluding carboxylic acids is 1. The largest absolute Gasteiger partial charge is 0.490 e. The second kappa shape index (κ2) is 9.33. The number of fused-ring (bicyclic) bond motifs is 3. The standard InChI is InChI=1S/C25H30N2O4/c1-4-29-22-15-17(16-23(30-5-2)24(22)31-6-3)25(28)27-13-11-19-18-9-7-8-10-20(18)26-21(19)12-14-27/h7-10,15-16,26H,4-6,11-14H2,1-3H3. The van der Waals surface area contributed by atoms with Crippen LogP contribution in [0.5, 0.6) is 17.2 Å². The van der Waals surface area contributed by atoms with E-state index in [1.54, 1.807) is 12.1 Å². The normalized spacial score (nSPS) is 13.6. The van der Waals surface area contributed by atoms with Gasteiger partial charge < -0.3 is 24.1 Å². The van der Waals surface area contributed by atoms with E-state index in [2.05, 4.69) is 23.2 Å². The zero-order valence-corrected chi connectivity index (χ0v) is 18.5. The van der Waals surface area contributed by atoms with Crippen molar-refractivity contribution >= 4 is 16.8 Å². The fraction of sp³-hybridized carbons (Fsp3) is 0.400. The van der Waals surface area contributed by atoms with Crippen LogP contribution in [0.25, 0.3) is 10.9 Å². The summed E-state index contributed by atoms with van der Waals surface area (Å²) in [6, 6.07) is 11.9. The van der Waals surface area contributed by atoms with Gasteiger partial charge in [0, 0.05) is 41.7 Å². The predicted molar refractivity (Wildman–Crippen MR) is 122 cm³/mol. The van der Waals surface area contributed by atoms with Crippen molar-refractivity contribution in [2.24, 2.45) is 0 Å². The number of ether oxygens (including phenoxy) is 3. The molecule has 1 aliphatic heterocycles. The Morgan fingerprint density at radius 1 is 0.935 bits per heavy atom.